The molecule has 5 rings (SSSR count). The highest BCUT2D eigenvalue weighted by Crippen LogP contribution is 2.33. The van der Waals surface area contributed by atoms with E-state index in [4.69, 9.17) is 9.72 Å². The number of amides is 1. The number of hydrogen-bond donors (Lipinski definition) is 0. The summed E-state index contributed by atoms with van der Waals surface area (Å²) in [6.45, 7) is 6.75. The summed E-state index contributed by atoms with van der Waals surface area (Å²) in [4.78, 5) is 19.0. The summed E-state index contributed by atoms with van der Waals surface area (Å²) >= 11 is 1.62. The Morgan fingerprint density at radius 3 is 2.81 bits per heavy atom. The molecule has 0 saturated heterocycles. The predicted molar refractivity (Wildman–Crippen MR) is 128 cm³/mol. The predicted octanol–water partition coefficient (Wildman–Crippen LogP) is 5.76. The molecule has 3 aromatic heterocycles. The van der Waals surface area contributed by atoms with Crippen molar-refractivity contribution in [3.63, 3.8) is 0 Å². The van der Waals surface area contributed by atoms with Crippen LogP contribution >= 0.6 is 11.3 Å². The molecule has 32 heavy (non-hydrogen) atoms. The van der Waals surface area contributed by atoms with E-state index in [9.17, 15) is 4.79 Å². The first-order chi connectivity index (χ1) is 15.4. The van der Waals surface area contributed by atoms with Gasteiger partial charge in [-0.15, -0.1) is 11.3 Å². The zero-order valence-corrected chi connectivity index (χ0v) is 19.1. The van der Waals surface area contributed by atoms with Crippen LogP contribution in [0.4, 0.5) is 4.79 Å². The number of fused-ring (bicyclic) bond motifs is 1. The lowest BCUT2D eigenvalue weighted by Crippen LogP contribution is -2.35. The molecule has 7 heteroatoms. The Hall–Kier alpha value is -3.45. The van der Waals surface area contributed by atoms with E-state index < -0.39 is 5.60 Å². The van der Waals surface area contributed by atoms with Crippen LogP contribution in [0, 0.1) is 0 Å². The van der Waals surface area contributed by atoms with Crippen LogP contribution in [0.5, 0.6) is 0 Å². The first-order valence-corrected chi connectivity index (χ1v) is 11.4. The van der Waals surface area contributed by atoms with Crippen LogP contribution in [0.15, 0.2) is 66.3 Å². The molecule has 0 fully saturated rings. The van der Waals surface area contributed by atoms with E-state index in [1.165, 1.54) is 0 Å². The van der Waals surface area contributed by atoms with Gasteiger partial charge in [-0.3, -0.25) is 0 Å². The van der Waals surface area contributed by atoms with Crippen molar-refractivity contribution in [2.24, 2.45) is 0 Å². The molecule has 4 heterocycles. The van der Waals surface area contributed by atoms with Crippen LogP contribution in [0.25, 0.3) is 32.9 Å². The van der Waals surface area contributed by atoms with Crippen molar-refractivity contribution in [3.8, 4) is 21.8 Å². The lowest BCUT2D eigenvalue weighted by atomic mass is 10.0. The minimum absolute atomic E-state index is 0.280. The SMILES string of the molecule is CC(C)(C)OC(=O)N1CC=C(c2cccc(-c3csc(-c4cnn5ccccc45)n3)c2)C1. The lowest BCUT2D eigenvalue weighted by Gasteiger charge is -2.24. The molecule has 1 aromatic carbocycles. The van der Waals surface area contributed by atoms with Crippen LogP contribution < -0.4 is 0 Å². The second-order valence-corrected chi connectivity index (χ2v) is 9.66. The van der Waals surface area contributed by atoms with Gasteiger partial charge in [-0.05, 0) is 50.1 Å². The van der Waals surface area contributed by atoms with Gasteiger partial charge in [0.1, 0.15) is 10.6 Å². The third kappa shape index (κ3) is 4.03. The number of carbonyl (C=O) groups excluding carboxylic acids is 1. The monoisotopic (exact) mass is 444 g/mol. The number of rotatable bonds is 3. The highest BCUT2D eigenvalue weighted by atomic mass is 32.1. The Balaban J connectivity index is 1.36. The molecule has 0 bridgehead atoms. The third-order valence-electron chi connectivity index (χ3n) is 5.26. The maximum absolute atomic E-state index is 12.4. The second-order valence-electron chi connectivity index (χ2n) is 8.80. The molecule has 0 unspecified atom stereocenters. The molecular formula is C25H24N4O2S. The molecule has 162 valence electrons. The average Bonchev–Trinajstić information content (AvgIpc) is 3.51. The first-order valence-electron chi connectivity index (χ1n) is 10.5. The molecule has 6 nitrogen and oxygen atoms in total. The molecule has 4 aromatic rings. The van der Waals surface area contributed by atoms with E-state index in [-0.39, 0.29) is 6.09 Å². The van der Waals surface area contributed by atoms with Crippen molar-refractivity contribution in [1.82, 2.24) is 19.5 Å². The van der Waals surface area contributed by atoms with Gasteiger partial charge in [0.15, 0.2) is 0 Å². The van der Waals surface area contributed by atoms with Crippen molar-refractivity contribution in [1.29, 1.82) is 0 Å². The Morgan fingerprint density at radius 2 is 1.97 bits per heavy atom. The average molecular weight is 445 g/mol. The Kier molecular flexibility index (Phi) is 5.06. The van der Waals surface area contributed by atoms with Crippen molar-refractivity contribution in [2.75, 3.05) is 13.1 Å². The first kappa shape index (κ1) is 20.5. The highest BCUT2D eigenvalue weighted by molar-refractivity contribution is 7.13. The Labute approximate surface area is 190 Å². The number of benzene rings is 1. The standard InChI is InChI=1S/C25H24N4O2S/c1-25(2,3)31-24(30)28-12-10-19(15-28)17-7-6-8-18(13-17)21-16-32-23(27-21)20-14-26-29-11-5-4-9-22(20)29/h4-11,13-14,16H,12,15H2,1-3H3. The van der Waals surface area contributed by atoms with Gasteiger partial charge in [-0.25, -0.2) is 14.3 Å². The van der Waals surface area contributed by atoms with Gasteiger partial charge in [0.2, 0.25) is 0 Å². The second kappa shape index (κ2) is 7.91. The summed E-state index contributed by atoms with van der Waals surface area (Å²) in [6, 6.07) is 14.3. The fourth-order valence-electron chi connectivity index (χ4n) is 3.74. The fraction of sp³-hybridized carbons (Fsp3) is 0.240. The summed E-state index contributed by atoms with van der Waals surface area (Å²) in [5, 5.41) is 7.45. The van der Waals surface area contributed by atoms with Crippen LogP contribution in [0.2, 0.25) is 0 Å². The summed E-state index contributed by atoms with van der Waals surface area (Å²) in [6.07, 6.45) is 5.61. The summed E-state index contributed by atoms with van der Waals surface area (Å²) in [5.74, 6) is 0. The summed E-state index contributed by atoms with van der Waals surface area (Å²) in [5.41, 5.74) is 5.78. The normalized spacial score (nSPS) is 14.1. The molecule has 1 aliphatic heterocycles. The summed E-state index contributed by atoms with van der Waals surface area (Å²) in [7, 11) is 0. The number of ether oxygens (including phenoxy) is 1. The van der Waals surface area contributed by atoms with Crippen LogP contribution in [0.3, 0.4) is 0 Å². The third-order valence-corrected chi connectivity index (χ3v) is 6.14. The molecule has 1 aliphatic rings. The van der Waals surface area contributed by atoms with Gasteiger partial charge in [0, 0.05) is 30.2 Å². The Bertz CT molecular complexity index is 1330. The molecule has 1 amide bonds. The van der Waals surface area contributed by atoms with E-state index >= 15 is 0 Å². The number of pyridine rings is 1. The quantitative estimate of drug-likeness (QED) is 0.403. The zero-order valence-electron chi connectivity index (χ0n) is 18.3. The van der Waals surface area contributed by atoms with Gasteiger partial charge in [0.25, 0.3) is 0 Å². The minimum Gasteiger partial charge on any atom is -0.444 e. The number of thiazole rings is 1. The van der Waals surface area contributed by atoms with Crippen molar-refractivity contribution in [2.45, 2.75) is 26.4 Å². The van der Waals surface area contributed by atoms with Crippen molar-refractivity contribution < 1.29 is 9.53 Å². The Morgan fingerprint density at radius 1 is 1.12 bits per heavy atom. The number of aromatic nitrogens is 3. The van der Waals surface area contributed by atoms with Gasteiger partial charge < -0.3 is 9.64 Å². The number of hydrogen-bond acceptors (Lipinski definition) is 5. The van der Waals surface area contributed by atoms with Gasteiger partial charge in [0.05, 0.1) is 23.0 Å². The van der Waals surface area contributed by atoms with Gasteiger partial charge in [-0.1, -0.05) is 30.3 Å². The van der Waals surface area contributed by atoms with Crippen LogP contribution in [0.1, 0.15) is 26.3 Å². The van der Waals surface area contributed by atoms with Gasteiger partial charge >= 0.3 is 6.09 Å². The molecule has 0 radical (unpaired) electrons. The molecule has 0 N–H and O–H groups in total. The maximum atomic E-state index is 12.4. The lowest BCUT2D eigenvalue weighted by molar-refractivity contribution is 0.0306. The smallest absolute Gasteiger partial charge is 0.410 e. The molecule has 0 aliphatic carbocycles. The van der Waals surface area contributed by atoms with E-state index in [2.05, 4.69) is 34.8 Å². The molecule has 0 atom stereocenters. The molecule has 0 spiro atoms. The maximum Gasteiger partial charge on any atom is 0.410 e. The van der Waals surface area contributed by atoms with Crippen molar-refractivity contribution in [3.05, 3.63) is 71.9 Å². The number of carbonyl (C=O) groups is 1. The minimum atomic E-state index is -0.497. The number of nitrogens with zero attached hydrogens (tertiary/aromatic N) is 4. The van der Waals surface area contributed by atoms with E-state index in [0.717, 1.165) is 38.5 Å². The van der Waals surface area contributed by atoms with Crippen LogP contribution in [-0.4, -0.2) is 44.3 Å². The molecular weight excluding hydrogens is 420 g/mol. The van der Waals surface area contributed by atoms with Crippen molar-refractivity contribution >= 4 is 28.5 Å². The van der Waals surface area contributed by atoms with Gasteiger partial charge in [-0.2, -0.15) is 5.10 Å². The van der Waals surface area contributed by atoms with E-state index in [0.29, 0.717) is 13.1 Å². The topological polar surface area (TPSA) is 59.7 Å². The highest BCUT2D eigenvalue weighted by Gasteiger charge is 2.25. The van der Waals surface area contributed by atoms with E-state index in [1.807, 2.05) is 61.9 Å². The largest absolute Gasteiger partial charge is 0.444 e. The summed E-state index contributed by atoms with van der Waals surface area (Å²) < 4.78 is 7.37. The zero-order chi connectivity index (χ0) is 22.3. The van der Waals surface area contributed by atoms with Crippen LogP contribution in [-0.2, 0) is 4.74 Å². The fourth-order valence-corrected chi connectivity index (χ4v) is 4.58. The van der Waals surface area contributed by atoms with E-state index in [1.54, 1.807) is 16.2 Å². The molecule has 0 saturated carbocycles.